The molecule has 20 heavy (non-hydrogen) atoms. The molecule has 1 heterocycles. The molecule has 1 amide bonds. The van der Waals surface area contributed by atoms with Crippen LogP contribution in [0.5, 0.6) is 0 Å². The molecule has 108 valence electrons. The highest BCUT2D eigenvalue weighted by atomic mass is 16.5. The number of ether oxygens (including phenoxy) is 1. The van der Waals surface area contributed by atoms with Crippen LogP contribution in [-0.4, -0.2) is 41.1 Å². The van der Waals surface area contributed by atoms with Gasteiger partial charge in [-0.3, -0.25) is 9.59 Å². The van der Waals surface area contributed by atoms with E-state index in [0.717, 1.165) is 31.4 Å². The van der Waals surface area contributed by atoms with E-state index in [0.29, 0.717) is 18.2 Å². The van der Waals surface area contributed by atoms with E-state index in [-0.39, 0.29) is 24.5 Å². The molecule has 3 rings (SSSR count). The summed E-state index contributed by atoms with van der Waals surface area (Å²) in [6.07, 6.45) is 4.05. The van der Waals surface area contributed by atoms with Gasteiger partial charge in [-0.05, 0) is 32.6 Å². The lowest BCUT2D eigenvalue weighted by Crippen LogP contribution is -2.38. The molecule has 0 atom stereocenters. The SMILES string of the molecule is CCOC(=O)CN(C(=O)c1cc(C2CC2)on1)C1CC1. The topological polar surface area (TPSA) is 72.6 Å². The summed E-state index contributed by atoms with van der Waals surface area (Å²) in [5, 5.41) is 3.84. The number of amides is 1. The third kappa shape index (κ3) is 2.84. The molecule has 1 aromatic rings. The van der Waals surface area contributed by atoms with Gasteiger partial charge in [-0.25, -0.2) is 0 Å². The van der Waals surface area contributed by atoms with Crippen molar-refractivity contribution in [3.63, 3.8) is 0 Å². The second-order valence-electron chi connectivity index (χ2n) is 5.36. The van der Waals surface area contributed by atoms with Gasteiger partial charge >= 0.3 is 5.97 Å². The fraction of sp³-hybridized carbons (Fsp3) is 0.643. The van der Waals surface area contributed by atoms with E-state index in [2.05, 4.69) is 5.16 Å². The molecule has 2 aliphatic carbocycles. The van der Waals surface area contributed by atoms with E-state index in [1.807, 2.05) is 0 Å². The first-order valence-corrected chi connectivity index (χ1v) is 7.12. The Morgan fingerprint density at radius 1 is 1.40 bits per heavy atom. The van der Waals surface area contributed by atoms with Crippen LogP contribution < -0.4 is 0 Å². The van der Waals surface area contributed by atoms with Crippen LogP contribution in [0.2, 0.25) is 0 Å². The van der Waals surface area contributed by atoms with Crippen molar-refractivity contribution in [2.75, 3.05) is 13.2 Å². The molecule has 0 spiro atoms. The number of aromatic nitrogens is 1. The van der Waals surface area contributed by atoms with Crippen LogP contribution >= 0.6 is 0 Å². The number of carbonyl (C=O) groups is 2. The number of esters is 1. The van der Waals surface area contributed by atoms with Crippen molar-refractivity contribution in [2.24, 2.45) is 0 Å². The first-order chi connectivity index (χ1) is 9.69. The number of hydrogen-bond acceptors (Lipinski definition) is 5. The molecule has 2 saturated carbocycles. The van der Waals surface area contributed by atoms with E-state index in [1.165, 1.54) is 0 Å². The fourth-order valence-corrected chi connectivity index (χ4v) is 2.20. The van der Waals surface area contributed by atoms with Gasteiger partial charge in [-0.15, -0.1) is 0 Å². The lowest BCUT2D eigenvalue weighted by Gasteiger charge is -2.19. The maximum atomic E-state index is 12.4. The predicted octanol–water partition coefficient (Wildman–Crippen LogP) is 1.72. The summed E-state index contributed by atoms with van der Waals surface area (Å²) < 4.78 is 10.1. The summed E-state index contributed by atoms with van der Waals surface area (Å²) in [6.45, 7) is 2.06. The van der Waals surface area contributed by atoms with Crippen molar-refractivity contribution >= 4 is 11.9 Å². The molecule has 0 aromatic carbocycles. The van der Waals surface area contributed by atoms with Crippen LogP contribution in [0.1, 0.15) is 54.8 Å². The van der Waals surface area contributed by atoms with Crippen molar-refractivity contribution in [3.05, 3.63) is 17.5 Å². The minimum atomic E-state index is -0.376. The third-order valence-corrected chi connectivity index (χ3v) is 3.58. The van der Waals surface area contributed by atoms with E-state index in [1.54, 1.807) is 17.9 Å². The second-order valence-corrected chi connectivity index (χ2v) is 5.36. The van der Waals surface area contributed by atoms with Gasteiger partial charge in [0.1, 0.15) is 12.3 Å². The number of hydrogen-bond donors (Lipinski definition) is 0. The first kappa shape index (κ1) is 13.1. The average Bonchev–Trinajstić information content (AvgIpc) is 3.35. The highest BCUT2D eigenvalue weighted by Crippen LogP contribution is 2.40. The molecule has 1 aromatic heterocycles. The molecule has 0 bridgehead atoms. The van der Waals surface area contributed by atoms with Gasteiger partial charge < -0.3 is 14.2 Å². The van der Waals surface area contributed by atoms with Gasteiger partial charge in [0, 0.05) is 18.0 Å². The third-order valence-electron chi connectivity index (χ3n) is 3.58. The molecule has 0 aliphatic heterocycles. The van der Waals surface area contributed by atoms with Crippen molar-refractivity contribution in [1.29, 1.82) is 0 Å². The van der Waals surface area contributed by atoms with Crippen LogP contribution in [-0.2, 0) is 9.53 Å². The molecular formula is C14H18N2O4. The molecule has 0 radical (unpaired) electrons. The average molecular weight is 278 g/mol. The van der Waals surface area contributed by atoms with Crippen molar-refractivity contribution in [2.45, 2.75) is 44.6 Å². The number of rotatable bonds is 6. The van der Waals surface area contributed by atoms with Crippen LogP contribution in [0.3, 0.4) is 0 Å². The minimum Gasteiger partial charge on any atom is -0.465 e. The van der Waals surface area contributed by atoms with E-state index in [9.17, 15) is 9.59 Å². The Balaban J connectivity index is 1.69. The Labute approximate surface area is 117 Å². The Morgan fingerprint density at radius 2 is 2.15 bits per heavy atom. The van der Waals surface area contributed by atoms with Gasteiger partial charge in [0.25, 0.3) is 5.91 Å². The van der Waals surface area contributed by atoms with Gasteiger partial charge in [0.15, 0.2) is 5.69 Å². The van der Waals surface area contributed by atoms with Crippen LogP contribution in [0.25, 0.3) is 0 Å². The number of nitrogens with zero attached hydrogens (tertiary/aromatic N) is 2. The maximum absolute atomic E-state index is 12.4. The molecule has 6 heteroatoms. The zero-order chi connectivity index (χ0) is 14.1. The maximum Gasteiger partial charge on any atom is 0.325 e. The molecule has 0 N–H and O–H groups in total. The summed E-state index contributed by atoms with van der Waals surface area (Å²) in [6, 6.07) is 1.84. The smallest absolute Gasteiger partial charge is 0.325 e. The lowest BCUT2D eigenvalue weighted by molar-refractivity contribution is -0.144. The molecule has 0 saturated heterocycles. The van der Waals surface area contributed by atoms with Crippen molar-refractivity contribution < 1.29 is 18.8 Å². The molecular weight excluding hydrogens is 260 g/mol. The summed E-state index contributed by atoms with van der Waals surface area (Å²) in [5.41, 5.74) is 0.295. The lowest BCUT2D eigenvalue weighted by atomic mass is 10.2. The van der Waals surface area contributed by atoms with E-state index >= 15 is 0 Å². The van der Waals surface area contributed by atoms with E-state index in [4.69, 9.17) is 9.26 Å². The number of carbonyl (C=O) groups excluding carboxylic acids is 2. The summed E-state index contributed by atoms with van der Waals surface area (Å²) in [4.78, 5) is 25.6. The summed E-state index contributed by atoms with van der Waals surface area (Å²) in [5.74, 6) is 0.582. The highest BCUT2D eigenvalue weighted by Gasteiger charge is 2.37. The van der Waals surface area contributed by atoms with Crippen LogP contribution in [0, 0.1) is 0 Å². The Kier molecular flexibility index (Phi) is 3.46. The highest BCUT2D eigenvalue weighted by molar-refractivity contribution is 5.94. The second kappa shape index (κ2) is 5.26. The normalized spacial score (nSPS) is 17.9. The molecule has 2 fully saturated rings. The summed E-state index contributed by atoms with van der Waals surface area (Å²) >= 11 is 0. The monoisotopic (exact) mass is 278 g/mol. The first-order valence-electron chi connectivity index (χ1n) is 7.12. The van der Waals surface area contributed by atoms with E-state index < -0.39 is 0 Å². The van der Waals surface area contributed by atoms with Gasteiger partial charge in [0.2, 0.25) is 0 Å². The molecule has 2 aliphatic rings. The zero-order valence-corrected chi connectivity index (χ0v) is 11.5. The van der Waals surface area contributed by atoms with Crippen LogP contribution in [0.15, 0.2) is 10.6 Å². The Morgan fingerprint density at radius 3 is 2.75 bits per heavy atom. The van der Waals surface area contributed by atoms with Crippen molar-refractivity contribution in [3.8, 4) is 0 Å². The standard InChI is InChI=1S/C14H18N2O4/c1-2-19-13(17)8-16(10-5-6-10)14(18)11-7-12(20-15-11)9-3-4-9/h7,9-10H,2-6,8H2,1H3. The van der Waals surface area contributed by atoms with Crippen molar-refractivity contribution in [1.82, 2.24) is 10.1 Å². The fourth-order valence-electron chi connectivity index (χ4n) is 2.20. The van der Waals surface area contributed by atoms with Gasteiger partial charge in [-0.1, -0.05) is 5.16 Å². The summed E-state index contributed by atoms with van der Waals surface area (Å²) in [7, 11) is 0. The van der Waals surface area contributed by atoms with Crippen LogP contribution in [0.4, 0.5) is 0 Å². The predicted molar refractivity (Wildman–Crippen MR) is 69.2 cm³/mol. The van der Waals surface area contributed by atoms with Gasteiger partial charge in [-0.2, -0.15) is 0 Å². The molecule has 6 nitrogen and oxygen atoms in total. The zero-order valence-electron chi connectivity index (χ0n) is 11.5. The Bertz CT molecular complexity index is 517. The Hall–Kier alpha value is -1.85. The molecule has 0 unspecified atom stereocenters. The quantitative estimate of drug-likeness (QED) is 0.741. The largest absolute Gasteiger partial charge is 0.465 e. The minimum absolute atomic E-state index is 0.0110. The van der Waals surface area contributed by atoms with Gasteiger partial charge in [0.05, 0.1) is 6.61 Å².